The molecule has 0 N–H and O–H groups in total. The minimum Gasteiger partial charge on any atom is -0.457 e. The lowest BCUT2D eigenvalue weighted by atomic mass is 9.65. The number of hydrogen-bond donors (Lipinski definition) is 0. The summed E-state index contributed by atoms with van der Waals surface area (Å²) in [7, 11) is 0. The molecular formula is C58H34N4OS. The van der Waals surface area contributed by atoms with Gasteiger partial charge in [0.1, 0.15) is 11.5 Å². The molecule has 0 bridgehead atoms. The molecule has 1 aliphatic carbocycles. The van der Waals surface area contributed by atoms with Crippen molar-refractivity contribution in [2.24, 2.45) is 0 Å². The minimum atomic E-state index is -0.771. The van der Waals surface area contributed by atoms with Crippen molar-refractivity contribution in [1.29, 1.82) is 0 Å². The minimum absolute atomic E-state index is 0.561. The summed E-state index contributed by atoms with van der Waals surface area (Å²) in [6.07, 6.45) is 0. The third-order valence-electron chi connectivity index (χ3n) is 13.3. The Morgan fingerprint density at radius 3 is 1.97 bits per heavy atom. The molecule has 64 heavy (non-hydrogen) atoms. The molecule has 3 aromatic heterocycles. The van der Waals surface area contributed by atoms with Crippen molar-refractivity contribution in [3.8, 4) is 62.5 Å². The molecule has 298 valence electrons. The van der Waals surface area contributed by atoms with Crippen LogP contribution < -0.4 is 4.74 Å². The van der Waals surface area contributed by atoms with Crippen LogP contribution in [0, 0.1) is 0 Å². The Bertz CT molecular complexity index is 3890. The molecule has 12 aromatic rings. The van der Waals surface area contributed by atoms with Crippen LogP contribution >= 0.6 is 11.3 Å². The fourth-order valence-electron chi connectivity index (χ4n) is 10.7. The summed E-state index contributed by atoms with van der Waals surface area (Å²) in [5.74, 6) is 3.49. The molecule has 2 aliphatic rings. The van der Waals surface area contributed by atoms with Gasteiger partial charge in [0.25, 0.3) is 0 Å². The molecule has 0 amide bonds. The van der Waals surface area contributed by atoms with Crippen molar-refractivity contribution in [3.05, 3.63) is 229 Å². The summed E-state index contributed by atoms with van der Waals surface area (Å²) in [4.78, 5) is 16.3. The van der Waals surface area contributed by atoms with Gasteiger partial charge in [0.2, 0.25) is 5.95 Å². The zero-order valence-corrected chi connectivity index (χ0v) is 35.1. The number of rotatable bonds is 4. The molecule has 5 nitrogen and oxygen atoms in total. The Labute approximate surface area is 372 Å². The molecule has 9 aromatic carbocycles. The highest BCUT2D eigenvalue weighted by atomic mass is 32.1. The molecule has 0 fully saturated rings. The Balaban J connectivity index is 1.14. The number of benzene rings is 9. The topological polar surface area (TPSA) is 52.8 Å². The number of aromatic nitrogens is 4. The van der Waals surface area contributed by atoms with Gasteiger partial charge in [-0.2, -0.15) is 9.97 Å². The summed E-state index contributed by atoms with van der Waals surface area (Å²) in [5, 5.41) is 4.68. The zero-order chi connectivity index (χ0) is 41.9. The van der Waals surface area contributed by atoms with Gasteiger partial charge in [-0.3, -0.25) is 4.57 Å². The molecule has 14 rings (SSSR count). The van der Waals surface area contributed by atoms with Crippen molar-refractivity contribution in [1.82, 2.24) is 19.5 Å². The number of thiophene rings is 1. The van der Waals surface area contributed by atoms with E-state index in [9.17, 15) is 0 Å². The first-order valence-electron chi connectivity index (χ1n) is 21.6. The molecule has 1 spiro atoms. The van der Waals surface area contributed by atoms with Crippen molar-refractivity contribution >= 4 is 53.3 Å². The maximum atomic E-state index is 6.92. The molecule has 1 unspecified atom stereocenters. The zero-order valence-electron chi connectivity index (χ0n) is 34.2. The maximum Gasteiger partial charge on any atom is 0.238 e. The third kappa shape index (κ3) is 4.86. The van der Waals surface area contributed by atoms with Gasteiger partial charge in [0.15, 0.2) is 11.6 Å². The summed E-state index contributed by atoms with van der Waals surface area (Å²) in [5.41, 5.74) is 12.5. The van der Waals surface area contributed by atoms with Crippen LogP contribution in [0.25, 0.3) is 93.0 Å². The molecule has 1 atom stereocenters. The first kappa shape index (κ1) is 35.4. The van der Waals surface area contributed by atoms with E-state index in [-0.39, 0.29) is 0 Å². The number of para-hydroxylation sites is 2. The lowest BCUT2D eigenvalue weighted by Gasteiger charge is -2.40. The quantitative estimate of drug-likeness (QED) is 0.177. The van der Waals surface area contributed by atoms with Gasteiger partial charge in [-0.25, -0.2) is 4.98 Å². The van der Waals surface area contributed by atoms with E-state index in [4.69, 9.17) is 19.7 Å². The van der Waals surface area contributed by atoms with Gasteiger partial charge in [-0.1, -0.05) is 170 Å². The number of ether oxygens (including phenoxy) is 1. The second-order valence-electron chi connectivity index (χ2n) is 16.6. The average molecular weight is 835 g/mol. The van der Waals surface area contributed by atoms with Gasteiger partial charge in [0, 0.05) is 58.8 Å². The molecule has 1 aliphatic heterocycles. The molecular weight excluding hydrogens is 801 g/mol. The van der Waals surface area contributed by atoms with Crippen LogP contribution in [0.4, 0.5) is 0 Å². The third-order valence-corrected chi connectivity index (χ3v) is 14.6. The van der Waals surface area contributed by atoms with E-state index in [1.807, 2.05) is 18.2 Å². The normalized spacial score (nSPS) is 14.8. The van der Waals surface area contributed by atoms with Crippen molar-refractivity contribution in [2.75, 3.05) is 0 Å². The van der Waals surface area contributed by atoms with Gasteiger partial charge in [0.05, 0.1) is 16.4 Å². The monoisotopic (exact) mass is 834 g/mol. The van der Waals surface area contributed by atoms with Crippen LogP contribution in [0.1, 0.15) is 22.3 Å². The maximum absolute atomic E-state index is 6.92. The summed E-state index contributed by atoms with van der Waals surface area (Å²) in [6.45, 7) is 0. The highest BCUT2D eigenvalue weighted by Crippen LogP contribution is 2.64. The second-order valence-corrected chi connectivity index (χ2v) is 17.7. The lowest BCUT2D eigenvalue weighted by molar-refractivity contribution is 0.437. The fourth-order valence-corrected chi connectivity index (χ4v) is 11.9. The Hall–Kier alpha value is -8.19. The molecule has 4 heterocycles. The van der Waals surface area contributed by atoms with Gasteiger partial charge < -0.3 is 4.74 Å². The molecule has 0 saturated heterocycles. The van der Waals surface area contributed by atoms with Crippen LogP contribution in [0.15, 0.2) is 206 Å². The first-order valence-corrected chi connectivity index (χ1v) is 22.4. The smallest absolute Gasteiger partial charge is 0.238 e. The largest absolute Gasteiger partial charge is 0.457 e. The first-order chi connectivity index (χ1) is 31.7. The van der Waals surface area contributed by atoms with E-state index in [2.05, 4.69) is 193 Å². The highest BCUT2D eigenvalue weighted by molar-refractivity contribution is 7.26. The van der Waals surface area contributed by atoms with Gasteiger partial charge in [-0.05, 0) is 64.2 Å². The van der Waals surface area contributed by atoms with Crippen LogP contribution in [-0.2, 0) is 5.41 Å². The Morgan fingerprint density at radius 1 is 0.422 bits per heavy atom. The van der Waals surface area contributed by atoms with E-state index in [1.54, 1.807) is 11.3 Å². The van der Waals surface area contributed by atoms with Crippen LogP contribution in [0.5, 0.6) is 11.5 Å². The standard InChI is InChI=1S/C58H34N4OS/c1-3-16-35(17-4-1)37-30-33-50-47(34-37)58(46-26-11-13-28-49(46)63-50)45-25-10-7-20-38(45)41-31-32-42-39-21-8-12-27-48(39)62(53(42)52(41)58)57-60-55(36-18-5-2-6-19-36)59-56(61-57)44-24-15-23-43-40-22-9-14-29-51(40)64-54(43)44/h1-34H. The van der Waals surface area contributed by atoms with Crippen molar-refractivity contribution in [2.45, 2.75) is 5.41 Å². The van der Waals surface area contributed by atoms with E-state index in [1.165, 1.54) is 37.7 Å². The van der Waals surface area contributed by atoms with Crippen LogP contribution in [-0.4, -0.2) is 19.5 Å². The fraction of sp³-hybridized carbons (Fsp3) is 0.0172. The van der Waals surface area contributed by atoms with Crippen LogP contribution in [0.3, 0.4) is 0 Å². The van der Waals surface area contributed by atoms with Crippen LogP contribution in [0.2, 0.25) is 0 Å². The molecule has 0 saturated carbocycles. The highest BCUT2D eigenvalue weighted by Gasteiger charge is 2.53. The van der Waals surface area contributed by atoms with Crippen molar-refractivity contribution in [3.63, 3.8) is 0 Å². The lowest BCUT2D eigenvalue weighted by Crippen LogP contribution is -2.32. The number of fused-ring (bicyclic) bond motifs is 16. The number of hydrogen-bond acceptors (Lipinski definition) is 5. The van der Waals surface area contributed by atoms with E-state index in [0.29, 0.717) is 17.6 Å². The molecule has 0 radical (unpaired) electrons. The summed E-state index contributed by atoms with van der Waals surface area (Å²) < 4.78 is 11.6. The van der Waals surface area contributed by atoms with Gasteiger partial charge >= 0.3 is 0 Å². The van der Waals surface area contributed by atoms with Gasteiger partial charge in [-0.15, -0.1) is 11.3 Å². The predicted octanol–water partition coefficient (Wildman–Crippen LogP) is 14.8. The summed E-state index contributed by atoms with van der Waals surface area (Å²) >= 11 is 1.78. The van der Waals surface area contributed by atoms with Crippen molar-refractivity contribution < 1.29 is 4.74 Å². The van der Waals surface area contributed by atoms with E-state index in [0.717, 1.165) is 71.4 Å². The number of nitrogens with zero attached hydrogens (tertiary/aromatic N) is 4. The average Bonchev–Trinajstić information content (AvgIpc) is 4.01. The Kier molecular flexibility index (Phi) is 7.42. The predicted molar refractivity (Wildman–Crippen MR) is 261 cm³/mol. The van der Waals surface area contributed by atoms with E-state index >= 15 is 0 Å². The summed E-state index contributed by atoms with van der Waals surface area (Å²) in [6, 6.07) is 73.5. The molecule has 6 heteroatoms. The second kappa shape index (κ2) is 13.4. The Morgan fingerprint density at radius 2 is 1.09 bits per heavy atom. The van der Waals surface area contributed by atoms with E-state index < -0.39 is 5.41 Å². The SMILES string of the molecule is c1ccc(-c2ccc3c(c2)C2(c4ccccc4O3)c3ccccc3-c3ccc4c5ccccc5n(-c5nc(-c6ccccc6)nc(-c6cccc7c6sc6ccccc67)n5)c4c32)cc1.